The van der Waals surface area contributed by atoms with Gasteiger partial charge in [-0.25, -0.2) is 19.7 Å². The van der Waals surface area contributed by atoms with E-state index in [0.29, 0.717) is 62.0 Å². The largest absolute Gasteiger partial charge is 0.496 e. The van der Waals surface area contributed by atoms with Crippen LogP contribution in [-0.2, 0) is 11.3 Å². The molecule has 2 aromatic carbocycles. The van der Waals surface area contributed by atoms with Crippen LogP contribution in [0.4, 0.5) is 4.79 Å². The summed E-state index contributed by atoms with van der Waals surface area (Å²) in [5, 5.41) is 10.1. The first kappa shape index (κ1) is 32.7. The Labute approximate surface area is 265 Å². The number of aliphatic hydroxyl groups excluding tert-OH is 1. The van der Waals surface area contributed by atoms with Crippen LogP contribution in [0.25, 0.3) is 33.8 Å². The van der Waals surface area contributed by atoms with E-state index in [1.807, 2.05) is 12.1 Å². The number of pyridine rings is 1. The number of aliphatic hydroxyl groups is 1. The standard InChI is InChI=1S/C32H32Cl2N4O6/c1-32(2,3)44-31(41)38(13-14-39)16-20-11-12-24(37-30(20)43-5)22-7-6-8-23(26(22)33)29-27(34)28(35-18-36-29)19-9-10-21(17-40)25(15-19)42-4/h6-12,15,17-18,39H,13-14,16H2,1-5H3. The molecular formula is C32H32Cl2N4O6. The number of amides is 1. The summed E-state index contributed by atoms with van der Waals surface area (Å²) in [6.07, 6.45) is 1.54. The number of aldehydes is 1. The molecule has 0 atom stereocenters. The van der Waals surface area contributed by atoms with Gasteiger partial charge in [-0.2, -0.15) is 0 Å². The SMILES string of the molecule is COc1cc(-c2ncnc(-c3cccc(-c4ccc(CN(CCO)C(=O)OC(C)(C)C)c(OC)n4)c3Cl)c2Cl)ccc1C=O. The van der Waals surface area contributed by atoms with Crippen molar-refractivity contribution in [3.05, 3.63) is 76.0 Å². The number of methoxy groups -OCH3 is 2. The number of carbonyl (C=O) groups is 2. The summed E-state index contributed by atoms with van der Waals surface area (Å²) in [5.74, 6) is 0.674. The molecule has 0 bridgehead atoms. The van der Waals surface area contributed by atoms with E-state index in [-0.39, 0.29) is 30.6 Å². The second-order valence-corrected chi connectivity index (χ2v) is 11.4. The average molecular weight is 640 g/mol. The second-order valence-electron chi connectivity index (χ2n) is 10.6. The number of hydrogen-bond donors (Lipinski definition) is 1. The molecule has 10 nitrogen and oxygen atoms in total. The zero-order valence-electron chi connectivity index (χ0n) is 24.9. The van der Waals surface area contributed by atoms with E-state index in [1.165, 1.54) is 25.4 Å². The molecule has 0 spiro atoms. The number of aromatic nitrogens is 3. The lowest BCUT2D eigenvalue weighted by molar-refractivity contribution is 0.0200. The van der Waals surface area contributed by atoms with Crippen LogP contribution >= 0.6 is 23.2 Å². The minimum Gasteiger partial charge on any atom is -0.496 e. The molecule has 0 saturated carbocycles. The lowest BCUT2D eigenvalue weighted by atomic mass is 10.0. The van der Waals surface area contributed by atoms with Crippen LogP contribution in [0.2, 0.25) is 10.0 Å². The minimum absolute atomic E-state index is 0.0728. The summed E-state index contributed by atoms with van der Waals surface area (Å²) >= 11 is 13.8. The van der Waals surface area contributed by atoms with Gasteiger partial charge in [-0.15, -0.1) is 0 Å². The van der Waals surface area contributed by atoms with Crippen LogP contribution < -0.4 is 9.47 Å². The third kappa shape index (κ3) is 7.27. The van der Waals surface area contributed by atoms with Gasteiger partial charge in [0.25, 0.3) is 0 Å². The quantitative estimate of drug-likeness (QED) is 0.188. The first-order valence-corrected chi connectivity index (χ1v) is 14.3. The molecule has 4 aromatic rings. The molecule has 230 valence electrons. The molecule has 2 heterocycles. The smallest absolute Gasteiger partial charge is 0.410 e. The molecule has 12 heteroatoms. The van der Waals surface area contributed by atoms with Crippen molar-refractivity contribution < 1.29 is 28.9 Å². The zero-order chi connectivity index (χ0) is 32.0. The van der Waals surface area contributed by atoms with Crippen molar-refractivity contribution in [3.63, 3.8) is 0 Å². The highest BCUT2D eigenvalue weighted by atomic mass is 35.5. The van der Waals surface area contributed by atoms with Crippen molar-refractivity contribution in [1.29, 1.82) is 0 Å². The zero-order valence-corrected chi connectivity index (χ0v) is 26.4. The van der Waals surface area contributed by atoms with Crippen LogP contribution in [0.5, 0.6) is 11.6 Å². The van der Waals surface area contributed by atoms with E-state index in [1.54, 1.807) is 57.2 Å². The fraction of sp³-hybridized carbons (Fsp3) is 0.281. The van der Waals surface area contributed by atoms with Gasteiger partial charge >= 0.3 is 6.09 Å². The van der Waals surface area contributed by atoms with Gasteiger partial charge in [-0.1, -0.05) is 47.5 Å². The van der Waals surface area contributed by atoms with E-state index in [2.05, 4.69) is 15.0 Å². The summed E-state index contributed by atoms with van der Waals surface area (Å²) in [4.78, 5) is 38.9. The maximum atomic E-state index is 12.7. The normalized spacial score (nSPS) is 11.2. The molecule has 0 radical (unpaired) electrons. The molecule has 0 aliphatic heterocycles. The first-order chi connectivity index (χ1) is 21.0. The van der Waals surface area contributed by atoms with Crippen LogP contribution in [0.3, 0.4) is 0 Å². The van der Waals surface area contributed by atoms with Gasteiger partial charge in [0.2, 0.25) is 5.88 Å². The Kier molecular flexibility index (Phi) is 10.4. The van der Waals surface area contributed by atoms with Crippen molar-refractivity contribution in [2.75, 3.05) is 27.4 Å². The highest BCUT2D eigenvalue weighted by molar-refractivity contribution is 6.38. The summed E-state index contributed by atoms with van der Waals surface area (Å²) in [6, 6.07) is 14.0. The van der Waals surface area contributed by atoms with Crippen LogP contribution in [-0.4, -0.2) is 70.3 Å². The number of benzene rings is 2. The van der Waals surface area contributed by atoms with E-state index < -0.39 is 11.7 Å². The van der Waals surface area contributed by atoms with Crippen LogP contribution in [0, 0.1) is 0 Å². The molecule has 1 amide bonds. The monoisotopic (exact) mass is 638 g/mol. The van der Waals surface area contributed by atoms with Gasteiger partial charge in [0.05, 0.1) is 60.1 Å². The number of hydrogen-bond acceptors (Lipinski definition) is 9. The fourth-order valence-corrected chi connectivity index (χ4v) is 5.05. The molecule has 0 aliphatic carbocycles. The second kappa shape index (κ2) is 14.0. The fourth-order valence-electron chi connectivity index (χ4n) is 4.43. The lowest BCUT2D eigenvalue weighted by Gasteiger charge is -2.27. The Bertz CT molecular complexity index is 1680. The minimum atomic E-state index is -0.695. The number of nitrogens with zero attached hydrogens (tertiary/aromatic N) is 4. The number of ether oxygens (including phenoxy) is 3. The number of rotatable bonds is 10. The van der Waals surface area contributed by atoms with Crippen molar-refractivity contribution in [2.45, 2.75) is 32.9 Å². The molecule has 0 aliphatic rings. The van der Waals surface area contributed by atoms with Gasteiger partial charge in [0.1, 0.15) is 17.7 Å². The van der Waals surface area contributed by atoms with Crippen LogP contribution in [0.15, 0.2) is 54.9 Å². The molecule has 0 unspecified atom stereocenters. The molecule has 0 fully saturated rings. The van der Waals surface area contributed by atoms with Crippen molar-refractivity contribution >= 4 is 35.6 Å². The van der Waals surface area contributed by atoms with E-state index in [9.17, 15) is 14.7 Å². The third-order valence-electron chi connectivity index (χ3n) is 6.47. The summed E-state index contributed by atoms with van der Waals surface area (Å²) < 4.78 is 16.4. The van der Waals surface area contributed by atoms with Crippen molar-refractivity contribution in [2.24, 2.45) is 0 Å². The molecular weight excluding hydrogens is 607 g/mol. The molecule has 0 saturated heterocycles. The highest BCUT2D eigenvalue weighted by Gasteiger charge is 2.24. The Morgan fingerprint density at radius 3 is 2.36 bits per heavy atom. The topological polar surface area (TPSA) is 124 Å². The van der Waals surface area contributed by atoms with Gasteiger partial charge in [-0.05, 0) is 45.0 Å². The van der Waals surface area contributed by atoms with Crippen molar-refractivity contribution in [3.8, 4) is 45.4 Å². The van der Waals surface area contributed by atoms with Gasteiger partial charge < -0.3 is 24.2 Å². The number of halogens is 2. The van der Waals surface area contributed by atoms with Gasteiger partial charge in [-0.3, -0.25) is 4.79 Å². The number of carbonyl (C=O) groups excluding carboxylic acids is 2. The Morgan fingerprint density at radius 2 is 1.70 bits per heavy atom. The van der Waals surface area contributed by atoms with Gasteiger partial charge in [0, 0.05) is 28.8 Å². The first-order valence-electron chi connectivity index (χ1n) is 13.6. The molecule has 44 heavy (non-hydrogen) atoms. The van der Waals surface area contributed by atoms with Gasteiger partial charge in [0.15, 0.2) is 6.29 Å². The van der Waals surface area contributed by atoms with Crippen LogP contribution in [0.1, 0.15) is 36.7 Å². The molecule has 1 N–H and O–H groups in total. The predicted molar refractivity (Wildman–Crippen MR) is 168 cm³/mol. The Balaban J connectivity index is 1.70. The maximum Gasteiger partial charge on any atom is 0.410 e. The molecule has 4 rings (SSSR count). The maximum absolute atomic E-state index is 12.7. The summed E-state index contributed by atoms with van der Waals surface area (Å²) in [5.41, 5.74) is 3.47. The molecule has 2 aromatic heterocycles. The lowest BCUT2D eigenvalue weighted by Crippen LogP contribution is -2.38. The van der Waals surface area contributed by atoms with E-state index >= 15 is 0 Å². The summed E-state index contributed by atoms with van der Waals surface area (Å²) in [6.45, 7) is 5.27. The van der Waals surface area contributed by atoms with E-state index in [4.69, 9.17) is 37.4 Å². The third-order valence-corrected chi connectivity index (χ3v) is 7.23. The van der Waals surface area contributed by atoms with E-state index in [0.717, 1.165) is 0 Å². The van der Waals surface area contributed by atoms with Crippen molar-refractivity contribution in [1.82, 2.24) is 19.9 Å². The Morgan fingerprint density at radius 1 is 0.977 bits per heavy atom. The highest BCUT2D eigenvalue weighted by Crippen LogP contribution is 2.41. The average Bonchev–Trinajstić information content (AvgIpc) is 3.00. The predicted octanol–water partition coefficient (Wildman–Crippen LogP) is 6.74. The Hall–Kier alpha value is -4.25. The summed E-state index contributed by atoms with van der Waals surface area (Å²) in [7, 11) is 2.96.